The third-order valence-corrected chi connectivity index (χ3v) is 15.1. The summed E-state index contributed by atoms with van der Waals surface area (Å²) in [6, 6.07) is 17.8. The summed E-state index contributed by atoms with van der Waals surface area (Å²) in [4.78, 5) is 125. The van der Waals surface area contributed by atoms with Crippen molar-refractivity contribution >= 4 is 52.9 Å². The molecule has 4 aromatic carbocycles. The number of azide groups is 1. The zero-order chi connectivity index (χ0) is 65.3. The molecule has 0 aromatic heterocycles. The lowest BCUT2D eigenvalue weighted by Crippen LogP contribution is -2.56. The average molecular weight is 1220 g/mol. The van der Waals surface area contributed by atoms with Gasteiger partial charge in [-0.1, -0.05) is 96.8 Å². The molecule has 0 bridgehead atoms. The van der Waals surface area contributed by atoms with Gasteiger partial charge < -0.3 is 57.9 Å². The number of aryl methyl sites for hydroxylation is 4. The number of amides is 5. The number of nitrogens with zero attached hydrogens (tertiary/aromatic N) is 3. The summed E-state index contributed by atoms with van der Waals surface area (Å²) in [6.45, 7) is 8.70. The van der Waals surface area contributed by atoms with E-state index in [1.807, 2.05) is 69.3 Å². The third kappa shape index (κ3) is 22.7. The molecule has 0 saturated heterocycles. The van der Waals surface area contributed by atoms with E-state index < -0.39 is 158 Å². The second kappa shape index (κ2) is 35.4. The van der Waals surface area contributed by atoms with Gasteiger partial charge in [-0.3, -0.25) is 43.2 Å². The summed E-state index contributed by atoms with van der Waals surface area (Å²) in [5.41, 5.74) is 24.2. The number of primary amides is 1. The number of hydrogen-bond donors (Lipinski definition) is 10. The van der Waals surface area contributed by atoms with Gasteiger partial charge in [0.15, 0.2) is 17.3 Å². The fourth-order valence-corrected chi connectivity index (χ4v) is 10.4. The predicted molar refractivity (Wildman–Crippen MR) is 325 cm³/mol. The lowest BCUT2D eigenvalue weighted by atomic mass is 9.76. The van der Waals surface area contributed by atoms with E-state index in [-0.39, 0.29) is 18.4 Å². The summed E-state index contributed by atoms with van der Waals surface area (Å²) >= 11 is 0. The zero-order valence-electron chi connectivity index (χ0n) is 50.8. The lowest BCUT2D eigenvalue weighted by molar-refractivity contribution is -0.142. The van der Waals surface area contributed by atoms with Crippen LogP contribution in [-0.2, 0) is 68.8 Å². The number of carbonyl (C=O) groups is 9. The number of halogens is 1. The molecule has 9 atom stereocenters. The molecule has 0 radical (unpaired) electrons. The Morgan fingerprint density at radius 2 is 1.36 bits per heavy atom. The van der Waals surface area contributed by atoms with E-state index in [1.165, 1.54) is 32.0 Å². The maximum absolute atomic E-state index is 15.1. The van der Waals surface area contributed by atoms with Gasteiger partial charge in [0.05, 0.1) is 55.8 Å². The van der Waals surface area contributed by atoms with Crippen LogP contribution in [0, 0.1) is 36.9 Å². The van der Waals surface area contributed by atoms with Crippen LogP contribution in [0.4, 0.5) is 4.39 Å². The second-order valence-corrected chi connectivity index (χ2v) is 22.7. The van der Waals surface area contributed by atoms with Crippen molar-refractivity contribution in [2.45, 2.75) is 155 Å². The van der Waals surface area contributed by atoms with Crippen LogP contribution in [0.3, 0.4) is 0 Å². The van der Waals surface area contributed by atoms with Crippen molar-refractivity contribution < 1.29 is 72.7 Å². The van der Waals surface area contributed by atoms with E-state index >= 15 is 4.39 Å². The molecule has 476 valence electrons. The van der Waals surface area contributed by atoms with Crippen molar-refractivity contribution in [1.82, 2.24) is 21.3 Å². The first-order valence-corrected chi connectivity index (χ1v) is 29.4. The quantitative estimate of drug-likeness (QED) is 0.0126. The van der Waals surface area contributed by atoms with Crippen molar-refractivity contribution in [1.29, 1.82) is 0 Å². The highest BCUT2D eigenvalue weighted by Crippen LogP contribution is 2.32. The molecule has 0 aliphatic rings. The van der Waals surface area contributed by atoms with Crippen molar-refractivity contribution in [3.63, 3.8) is 0 Å². The zero-order valence-corrected chi connectivity index (χ0v) is 50.8. The van der Waals surface area contributed by atoms with Crippen LogP contribution >= 0.6 is 0 Å². The Balaban J connectivity index is 1.60. The SMILES string of the molecule is CCc1cc(OCCCCN=[N+]=[N-])ccc1-c1ccc(C[C@H](CC(=O)[C@H](CC(=O)O)NC(=O)[C@H](CO)CC(=O)[C@@H](NC(=O)[C@@](C)(CC(=O)[C@@H](NC(=O)CN)[C@@H](C)O)Cc2ccccc2F)[C@@H](C)O)C(=O)N[C@@H](CCCc2cc(C)cc(C)c2)C(N)=O)cc1. The monoisotopic (exact) mass is 1220 g/mol. The number of hydrogen-bond acceptors (Lipinski definition) is 15. The van der Waals surface area contributed by atoms with E-state index in [0.717, 1.165) is 46.4 Å². The Bertz CT molecular complexity index is 3110. The first kappa shape index (κ1) is 72.1. The number of carbonyl (C=O) groups excluding carboxylic acids is 8. The second-order valence-electron chi connectivity index (χ2n) is 22.7. The largest absolute Gasteiger partial charge is 0.494 e. The van der Waals surface area contributed by atoms with Crippen LogP contribution < -0.4 is 37.5 Å². The van der Waals surface area contributed by atoms with Crippen molar-refractivity contribution in [3.05, 3.63) is 135 Å². The predicted octanol–water partition coefficient (Wildman–Crippen LogP) is 4.68. The number of nitrogens with two attached hydrogens (primary N) is 2. The standard InChI is InChI=1S/C64H84FN9O14/c1-7-43-29-48(88-24-11-10-23-69-74-68)21-22-49(43)44-19-17-41(18-20-44)28-46(61(85)70-51(60(67)84)16-12-13-42-26-37(2)25-38(3)27-42)30-53(78)52(32-57(82)83)71-62(86)47(36-75)31-54(79)58(39(4)76)73-63(87)64(6,33-45-14-8-9-15-50(45)65)34-55(80)59(40(5)77)72-56(81)35-66/h8-9,14-15,17-22,25-27,29,39-40,46-47,51-52,58-59,75-77H,7,10-13,16,23-24,28,30-36,66H2,1-6H3,(H2,67,84)(H,70,85)(H,71,86)(H,72,81)(H,73,87)(H,82,83)/t39-,40-,46-,47+,51+,52+,58+,59+,64-/m1/s1. The van der Waals surface area contributed by atoms with Gasteiger partial charge >= 0.3 is 5.97 Å². The van der Waals surface area contributed by atoms with Crippen LogP contribution in [-0.4, -0.2) is 136 Å². The molecule has 0 fully saturated rings. The Morgan fingerprint density at radius 3 is 1.95 bits per heavy atom. The number of aliphatic hydroxyl groups is 3. The van der Waals surface area contributed by atoms with Crippen LogP contribution in [0.1, 0.15) is 112 Å². The minimum Gasteiger partial charge on any atom is -0.494 e. The highest BCUT2D eigenvalue weighted by Gasteiger charge is 2.42. The number of Topliss-reactive ketones (excluding diaryl/α,β-unsaturated/α-hetero) is 3. The molecule has 0 heterocycles. The third-order valence-electron chi connectivity index (χ3n) is 15.1. The highest BCUT2D eigenvalue weighted by atomic mass is 19.1. The Hall–Kier alpha value is -8.41. The molecule has 4 rings (SSSR count). The van der Waals surface area contributed by atoms with Crippen LogP contribution in [0.2, 0.25) is 0 Å². The number of aliphatic hydroxyl groups excluding tert-OH is 3. The number of carboxylic acid groups (broad SMARTS) is 1. The first-order chi connectivity index (χ1) is 41.7. The smallest absolute Gasteiger partial charge is 0.305 e. The van der Waals surface area contributed by atoms with Crippen molar-refractivity contribution in [2.75, 3.05) is 26.3 Å². The molecule has 23 nitrogen and oxygen atoms in total. The number of benzene rings is 4. The van der Waals surface area contributed by atoms with Gasteiger partial charge in [-0.15, -0.1) is 0 Å². The van der Waals surface area contributed by atoms with E-state index in [9.17, 15) is 63.6 Å². The molecule has 4 aromatic rings. The van der Waals surface area contributed by atoms with Gasteiger partial charge in [0.1, 0.15) is 29.7 Å². The number of ketones is 3. The molecule has 24 heteroatoms. The fourth-order valence-electron chi connectivity index (χ4n) is 10.4. The number of aliphatic carboxylic acids is 1. The molecular formula is C64H84FN9O14. The molecule has 88 heavy (non-hydrogen) atoms. The lowest BCUT2D eigenvalue weighted by Gasteiger charge is -2.33. The molecule has 0 aliphatic carbocycles. The minimum atomic E-state index is -1.94. The van der Waals surface area contributed by atoms with Gasteiger partial charge in [-0.25, -0.2) is 4.39 Å². The Kier molecular flexibility index (Phi) is 29.0. The van der Waals surface area contributed by atoms with Gasteiger partial charge in [0.25, 0.3) is 0 Å². The topological polar surface area (TPSA) is 393 Å². The number of nitrogens with one attached hydrogen (secondary N) is 4. The van der Waals surface area contributed by atoms with E-state index in [4.69, 9.17) is 21.7 Å². The molecule has 0 unspecified atom stereocenters. The number of unbranched alkanes of at least 4 members (excludes halogenated alkanes) is 1. The van der Waals surface area contributed by atoms with Gasteiger partial charge in [0, 0.05) is 36.6 Å². The molecule has 0 aliphatic heterocycles. The average Bonchev–Trinajstić information content (AvgIpc) is 2.42. The molecule has 0 saturated carbocycles. The van der Waals surface area contributed by atoms with Crippen molar-refractivity contribution in [3.8, 4) is 16.9 Å². The normalized spacial score (nSPS) is 14.6. The number of ether oxygens (including phenoxy) is 1. The molecule has 5 amide bonds. The maximum Gasteiger partial charge on any atom is 0.305 e. The van der Waals surface area contributed by atoms with Gasteiger partial charge in [0.2, 0.25) is 29.5 Å². The summed E-state index contributed by atoms with van der Waals surface area (Å²) in [5, 5.41) is 55.2. The minimum absolute atomic E-state index is 0.0323. The van der Waals surface area contributed by atoms with Gasteiger partial charge in [-0.05, 0) is 136 Å². The maximum atomic E-state index is 15.1. The number of carboxylic acids is 1. The Morgan fingerprint density at radius 1 is 0.739 bits per heavy atom. The van der Waals surface area contributed by atoms with Crippen LogP contribution in [0.25, 0.3) is 21.6 Å². The van der Waals surface area contributed by atoms with E-state index in [1.54, 1.807) is 12.1 Å². The van der Waals surface area contributed by atoms with Crippen LogP contribution in [0.15, 0.2) is 90.0 Å². The first-order valence-electron chi connectivity index (χ1n) is 29.4. The molecular weight excluding hydrogens is 1140 g/mol. The van der Waals surface area contributed by atoms with E-state index in [2.05, 4.69) is 31.3 Å². The van der Waals surface area contributed by atoms with Gasteiger partial charge in [-0.2, -0.15) is 0 Å². The summed E-state index contributed by atoms with van der Waals surface area (Å²) in [5.74, 6) is -12.2. The van der Waals surface area contributed by atoms with Crippen LogP contribution in [0.5, 0.6) is 5.75 Å². The fraction of sp³-hybridized carbons (Fsp3) is 0.484. The number of rotatable bonds is 39. The Labute approximate surface area is 511 Å². The summed E-state index contributed by atoms with van der Waals surface area (Å²) < 4.78 is 21.1. The highest BCUT2D eigenvalue weighted by molar-refractivity contribution is 5.99. The molecule has 0 spiro atoms. The molecule has 12 N–H and O–H groups in total. The summed E-state index contributed by atoms with van der Waals surface area (Å²) in [6.07, 6.45) is -3.97. The van der Waals surface area contributed by atoms with E-state index in [0.29, 0.717) is 56.6 Å². The van der Waals surface area contributed by atoms with Crippen molar-refractivity contribution in [2.24, 2.45) is 33.8 Å². The summed E-state index contributed by atoms with van der Waals surface area (Å²) in [7, 11) is 0.